The van der Waals surface area contributed by atoms with Gasteiger partial charge in [-0.05, 0) is 29.8 Å². The molecule has 0 saturated carbocycles. The Morgan fingerprint density at radius 2 is 1.73 bits per heavy atom. The van der Waals surface area contributed by atoms with Crippen molar-refractivity contribution >= 4 is 46.4 Å². The first kappa shape index (κ1) is 21.6. The maximum atomic E-state index is 10.3. The second-order valence-corrected chi connectivity index (χ2v) is 8.46. The van der Waals surface area contributed by atoms with E-state index in [1.807, 2.05) is 12.1 Å². The van der Waals surface area contributed by atoms with Crippen LogP contribution in [0.5, 0.6) is 5.75 Å². The molecule has 1 atom stereocenters. The topological polar surface area (TPSA) is 29.5 Å². The normalized spacial score (nSPS) is 12.9. The van der Waals surface area contributed by atoms with E-state index in [1.54, 1.807) is 24.3 Å². The zero-order valence-corrected chi connectivity index (χ0v) is 17.7. The average Bonchev–Trinajstić information content (AvgIpc) is 2.57. The van der Waals surface area contributed by atoms with Gasteiger partial charge in [0, 0.05) is 6.42 Å². The molecule has 0 aliphatic carbocycles. The fourth-order valence-electron chi connectivity index (χ4n) is 2.62. The summed E-state index contributed by atoms with van der Waals surface area (Å²) in [7, 11) is 4.13. The largest absolute Gasteiger partial charge is 0.489 e. The second-order valence-electron chi connectivity index (χ2n) is 6.86. The minimum absolute atomic E-state index is 0.147. The third-order valence-corrected chi connectivity index (χ3v) is 5.58. The molecule has 2 aromatic rings. The van der Waals surface area contributed by atoms with Crippen molar-refractivity contribution in [3.8, 4) is 5.75 Å². The van der Waals surface area contributed by atoms with Gasteiger partial charge in [-0.2, -0.15) is 0 Å². The maximum absolute atomic E-state index is 10.3. The first-order chi connectivity index (χ1) is 12.2. The van der Waals surface area contributed by atoms with Crippen molar-refractivity contribution in [1.82, 2.24) is 0 Å². The van der Waals surface area contributed by atoms with Crippen LogP contribution < -0.4 is 4.74 Å². The predicted octanol–water partition coefficient (Wildman–Crippen LogP) is 5.36. The van der Waals surface area contributed by atoms with Gasteiger partial charge in [0.05, 0.1) is 35.7 Å². The van der Waals surface area contributed by atoms with E-state index in [1.165, 1.54) is 0 Å². The molecule has 7 heteroatoms. The first-order valence-corrected chi connectivity index (χ1v) is 9.70. The number of aliphatic hydroxyl groups excluding tert-OH is 1. The summed E-state index contributed by atoms with van der Waals surface area (Å²) in [6.45, 7) is 1.53. The Morgan fingerprint density at radius 3 is 2.42 bits per heavy atom. The van der Waals surface area contributed by atoms with Gasteiger partial charge < -0.3 is 14.3 Å². The first-order valence-electron chi connectivity index (χ1n) is 8.19. The number of quaternary nitrogens is 1. The van der Waals surface area contributed by atoms with Crippen molar-refractivity contribution < 1.29 is 14.3 Å². The highest BCUT2D eigenvalue weighted by Gasteiger charge is 2.21. The van der Waals surface area contributed by atoms with Gasteiger partial charge in [-0.25, -0.2) is 0 Å². The molecule has 0 spiro atoms. The molecule has 3 nitrogen and oxygen atoms in total. The minimum atomic E-state index is -0.631. The summed E-state index contributed by atoms with van der Waals surface area (Å²) in [4.78, 5) is 0. The molecule has 0 saturated heterocycles. The van der Waals surface area contributed by atoms with Gasteiger partial charge >= 0.3 is 0 Å². The SMILES string of the molecule is C[N+](C)(CCc1ccc(Cl)c(Cl)c1)C[C@@H](O)COc1cccc(Cl)c1Cl. The van der Waals surface area contributed by atoms with E-state index in [-0.39, 0.29) is 6.61 Å². The minimum Gasteiger partial charge on any atom is -0.489 e. The van der Waals surface area contributed by atoms with Gasteiger partial charge in [0.1, 0.15) is 30.0 Å². The van der Waals surface area contributed by atoms with Crippen LogP contribution in [0.2, 0.25) is 20.1 Å². The smallest absolute Gasteiger partial charge is 0.139 e. The Kier molecular flexibility index (Phi) is 7.90. The quantitative estimate of drug-likeness (QED) is 0.563. The molecule has 26 heavy (non-hydrogen) atoms. The lowest BCUT2D eigenvalue weighted by atomic mass is 10.1. The molecular formula is C19H22Cl4NO2+. The van der Waals surface area contributed by atoms with Crippen molar-refractivity contribution in [3.05, 3.63) is 62.1 Å². The van der Waals surface area contributed by atoms with E-state index in [0.29, 0.717) is 36.9 Å². The number of ether oxygens (including phenoxy) is 1. The number of rotatable bonds is 8. The van der Waals surface area contributed by atoms with Crippen molar-refractivity contribution in [1.29, 1.82) is 0 Å². The zero-order chi connectivity index (χ0) is 19.3. The Balaban J connectivity index is 1.85. The van der Waals surface area contributed by atoms with Gasteiger partial charge in [-0.15, -0.1) is 0 Å². The van der Waals surface area contributed by atoms with Crippen molar-refractivity contribution in [2.24, 2.45) is 0 Å². The van der Waals surface area contributed by atoms with Crippen LogP contribution in [-0.2, 0) is 6.42 Å². The lowest BCUT2D eigenvalue weighted by Gasteiger charge is -2.32. The van der Waals surface area contributed by atoms with Gasteiger partial charge in [0.2, 0.25) is 0 Å². The molecule has 0 fully saturated rings. The van der Waals surface area contributed by atoms with E-state index in [4.69, 9.17) is 51.1 Å². The second kappa shape index (κ2) is 9.50. The van der Waals surface area contributed by atoms with E-state index in [9.17, 15) is 5.11 Å². The van der Waals surface area contributed by atoms with Crippen LogP contribution in [0.4, 0.5) is 0 Å². The monoisotopic (exact) mass is 436 g/mol. The number of halogens is 4. The molecular weight excluding hydrogens is 416 g/mol. The number of benzene rings is 2. The van der Waals surface area contributed by atoms with Crippen LogP contribution in [0.1, 0.15) is 5.56 Å². The van der Waals surface area contributed by atoms with E-state index in [2.05, 4.69) is 14.1 Å². The maximum Gasteiger partial charge on any atom is 0.139 e. The molecule has 142 valence electrons. The van der Waals surface area contributed by atoms with Crippen molar-refractivity contribution in [2.75, 3.05) is 33.8 Å². The summed E-state index contributed by atoms with van der Waals surface area (Å²) in [6, 6.07) is 10.8. The average molecular weight is 438 g/mol. The molecule has 0 radical (unpaired) electrons. The predicted molar refractivity (Wildman–Crippen MR) is 110 cm³/mol. The lowest BCUT2D eigenvalue weighted by Crippen LogP contribution is -2.48. The van der Waals surface area contributed by atoms with Gasteiger partial charge in [-0.3, -0.25) is 0 Å². The van der Waals surface area contributed by atoms with Crippen LogP contribution in [0.3, 0.4) is 0 Å². The lowest BCUT2D eigenvalue weighted by molar-refractivity contribution is -0.893. The molecule has 0 bridgehead atoms. The third-order valence-electron chi connectivity index (χ3n) is 4.04. The molecule has 0 amide bonds. The summed E-state index contributed by atoms with van der Waals surface area (Å²) in [6.07, 6.45) is 0.200. The number of likely N-dealkylation sites (N-methyl/N-ethyl adjacent to an activating group) is 1. The van der Waals surface area contributed by atoms with Gasteiger partial charge in [0.25, 0.3) is 0 Å². The van der Waals surface area contributed by atoms with Crippen molar-refractivity contribution in [3.63, 3.8) is 0 Å². The molecule has 0 aliphatic heterocycles. The third kappa shape index (κ3) is 6.49. The highest BCUT2D eigenvalue weighted by Crippen LogP contribution is 2.31. The highest BCUT2D eigenvalue weighted by atomic mass is 35.5. The van der Waals surface area contributed by atoms with Crippen LogP contribution in [0.15, 0.2) is 36.4 Å². The molecule has 1 N–H and O–H groups in total. The van der Waals surface area contributed by atoms with Crippen LogP contribution in [0, 0.1) is 0 Å². The number of aliphatic hydroxyl groups is 1. The molecule has 2 rings (SSSR count). The summed E-state index contributed by atoms with van der Waals surface area (Å²) in [5.41, 5.74) is 1.11. The van der Waals surface area contributed by atoms with Crippen LogP contribution >= 0.6 is 46.4 Å². The fourth-order valence-corrected chi connectivity index (χ4v) is 3.29. The molecule has 0 aromatic heterocycles. The van der Waals surface area contributed by atoms with E-state index >= 15 is 0 Å². The Bertz CT molecular complexity index is 752. The standard InChI is InChI=1S/C19H22Cl4NO2/c1-24(2,9-8-13-6-7-15(20)17(22)10-13)11-14(25)12-26-18-5-3-4-16(21)19(18)23/h3-7,10,14,25H,8-9,11-12H2,1-2H3/q+1/t14-/m1/s1. The molecule has 0 heterocycles. The fraction of sp³-hybridized carbons (Fsp3) is 0.368. The highest BCUT2D eigenvalue weighted by molar-refractivity contribution is 6.43. The summed E-state index contributed by atoms with van der Waals surface area (Å²) < 4.78 is 6.24. The number of hydrogen-bond acceptors (Lipinski definition) is 2. The Hall–Kier alpha value is -0.680. The number of hydrogen-bond donors (Lipinski definition) is 1. The molecule has 2 aromatic carbocycles. The van der Waals surface area contributed by atoms with E-state index < -0.39 is 6.10 Å². The summed E-state index contributed by atoms with van der Waals surface area (Å²) in [5.74, 6) is 0.472. The zero-order valence-electron chi connectivity index (χ0n) is 14.7. The Labute approximate surface area is 174 Å². The van der Waals surface area contributed by atoms with E-state index in [0.717, 1.165) is 18.5 Å². The van der Waals surface area contributed by atoms with Crippen LogP contribution in [-0.4, -0.2) is 49.5 Å². The summed E-state index contributed by atoms with van der Waals surface area (Å²) in [5, 5.41) is 12.2. The van der Waals surface area contributed by atoms with Crippen LogP contribution in [0.25, 0.3) is 0 Å². The molecule has 0 aliphatic rings. The summed E-state index contributed by atoms with van der Waals surface area (Å²) >= 11 is 24.1. The van der Waals surface area contributed by atoms with Gasteiger partial charge in [0.15, 0.2) is 0 Å². The number of nitrogens with zero attached hydrogens (tertiary/aromatic N) is 1. The van der Waals surface area contributed by atoms with Gasteiger partial charge in [-0.1, -0.05) is 58.5 Å². The van der Waals surface area contributed by atoms with Crippen molar-refractivity contribution in [2.45, 2.75) is 12.5 Å². The molecule has 0 unspecified atom stereocenters. The Morgan fingerprint density at radius 1 is 1.00 bits per heavy atom.